The van der Waals surface area contributed by atoms with Crippen LogP contribution in [-0.4, -0.2) is 29.9 Å². The maximum atomic E-state index is 12.6. The SMILES string of the molecule is COC(=O)CC(NC(=O)Cc1csc(NC(=O)c2cccs2)n1)c1ccc(C)cc1. The Morgan fingerprint density at radius 1 is 1.13 bits per heavy atom. The molecule has 2 heterocycles. The number of esters is 1. The van der Waals surface area contributed by atoms with Gasteiger partial charge < -0.3 is 10.1 Å². The van der Waals surface area contributed by atoms with Crippen LogP contribution in [0.25, 0.3) is 0 Å². The second kappa shape index (κ2) is 10.1. The number of thiazole rings is 1. The van der Waals surface area contributed by atoms with Crippen molar-refractivity contribution in [3.05, 3.63) is 68.9 Å². The first-order valence-corrected chi connectivity index (χ1v) is 10.9. The van der Waals surface area contributed by atoms with Crippen LogP contribution in [0.2, 0.25) is 0 Å². The summed E-state index contributed by atoms with van der Waals surface area (Å²) in [5.74, 6) is -0.910. The van der Waals surface area contributed by atoms with Gasteiger partial charge in [-0.1, -0.05) is 35.9 Å². The fourth-order valence-corrected chi connectivity index (χ4v) is 4.05. The third kappa shape index (κ3) is 5.98. The van der Waals surface area contributed by atoms with Gasteiger partial charge in [-0.2, -0.15) is 0 Å². The van der Waals surface area contributed by atoms with Gasteiger partial charge in [-0.05, 0) is 23.9 Å². The van der Waals surface area contributed by atoms with Gasteiger partial charge >= 0.3 is 5.97 Å². The molecule has 0 spiro atoms. The third-order valence-corrected chi connectivity index (χ3v) is 5.95. The van der Waals surface area contributed by atoms with E-state index in [1.54, 1.807) is 17.5 Å². The fraction of sp³-hybridized carbons (Fsp3) is 0.238. The number of amides is 2. The normalized spacial score (nSPS) is 11.5. The number of hydrogen-bond donors (Lipinski definition) is 2. The van der Waals surface area contributed by atoms with Crippen LogP contribution in [0.4, 0.5) is 5.13 Å². The minimum atomic E-state index is -0.498. The molecule has 0 radical (unpaired) electrons. The van der Waals surface area contributed by atoms with Gasteiger partial charge in [-0.25, -0.2) is 4.98 Å². The van der Waals surface area contributed by atoms with Crippen molar-refractivity contribution in [3.63, 3.8) is 0 Å². The summed E-state index contributed by atoms with van der Waals surface area (Å²) in [7, 11) is 1.32. The van der Waals surface area contributed by atoms with E-state index >= 15 is 0 Å². The molecule has 0 aliphatic rings. The summed E-state index contributed by atoms with van der Waals surface area (Å²) in [5.41, 5.74) is 2.45. The molecule has 0 aliphatic heterocycles. The Morgan fingerprint density at radius 3 is 2.57 bits per heavy atom. The Morgan fingerprint density at radius 2 is 1.90 bits per heavy atom. The number of benzene rings is 1. The molecule has 9 heteroatoms. The van der Waals surface area contributed by atoms with Gasteiger partial charge in [0.05, 0.1) is 36.6 Å². The molecule has 2 aromatic heterocycles. The maximum absolute atomic E-state index is 12.6. The number of nitrogens with zero attached hydrogens (tertiary/aromatic N) is 1. The number of carbonyl (C=O) groups is 3. The Labute approximate surface area is 182 Å². The van der Waals surface area contributed by atoms with Crippen LogP contribution in [0.3, 0.4) is 0 Å². The molecule has 2 amide bonds. The monoisotopic (exact) mass is 443 g/mol. The first-order chi connectivity index (χ1) is 14.4. The topological polar surface area (TPSA) is 97.4 Å². The summed E-state index contributed by atoms with van der Waals surface area (Å²) in [6.45, 7) is 1.97. The Hall–Kier alpha value is -3.04. The number of methoxy groups -OCH3 is 1. The molecule has 7 nitrogen and oxygen atoms in total. The smallest absolute Gasteiger partial charge is 0.307 e. The molecule has 0 bridgehead atoms. The lowest BCUT2D eigenvalue weighted by molar-refractivity contribution is -0.141. The fourth-order valence-electron chi connectivity index (χ4n) is 2.72. The van der Waals surface area contributed by atoms with Crippen molar-refractivity contribution in [1.82, 2.24) is 10.3 Å². The zero-order chi connectivity index (χ0) is 21.5. The molecule has 3 aromatic rings. The highest BCUT2D eigenvalue weighted by Gasteiger charge is 2.20. The quantitative estimate of drug-likeness (QED) is 0.517. The van der Waals surface area contributed by atoms with Gasteiger partial charge in [0.1, 0.15) is 0 Å². The van der Waals surface area contributed by atoms with E-state index in [2.05, 4.69) is 15.6 Å². The minimum absolute atomic E-state index is 0.0322. The van der Waals surface area contributed by atoms with Crippen LogP contribution >= 0.6 is 22.7 Å². The number of thiophene rings is 1. The highest BCUT2D eigenvalue weighted by Crippen LogP contribution is 2.21. The number of aryl methyl sites for hydroxylation is 1. The number of ether oxygens (including phenoxy) is 1. The van der Waals surface area contributed by atoms with Crippen LogP contribution < -0.4 is 10.6 Å². The van der Waals surface area contributed by atoms with Crippen molar-refractivity contribution < 1.29 is 19.1 Å². The molecule has 2 N–H and O–H groups in total. The van der Waals surface area contributed by atoms with Gasteiger partial charge in [-0.15, -0.1) is 22.7 Å². The zero-order valence-electron chi connectivity index (χ0n) is 16.5. The van der Waals surface area contributed by atoms with Crippen LogP contribution in [-0.2, 0) is 20.7 Å². The van der Waals surface area contributed by atoms with Crippen molar-refractivity contribution >= 4 is 45.6 Å². The Balaban J connectivity index is 1.62. The number of carbonyl (C=O) groups excluding carboxylic acids is 3. The molecule has 3 rings (SSSR count). The van der Waals surface area contributed by atoms with Crippen molar-refractivity contribution in [1.29, 1.82) is 0 Å². The van der Waals surface area contributed by atoms with Gasteiger partial charge in [-0.3, -0.25) is 19.7 Å². The molecular formula is C21H21N3O4S2. The summed E-state index contributed by atoms with van der Waals surface area (Å²) in [6.07, 6.45) is 0.0688. The van der Waals surface area contributed by atoms with E-state index in [0.29, 0.717) is 15.7 Å². The molecule has 0 fully saturated rings. The summed E-state index contributed by atoms with van der Waals surface area (Å²) >= 11 is 2.60. The van der Waals surface area contributed by atoms with Gasteiger partial charge in [0.2, 0.25) is 5.91 Å². The molecule has 0 saturated heterocycles. The minimum Gasteiger partial charge on any atom is -0.469 e. The van der Waals surface area contributed by atoms with E-state index in [1.807, 2.05) is 36.6 Å². The van der Waals surface area contributed by atoms with Gasteiger partial charge in [0, 0.05) is 5.38 Å². The number of hydrogen-bond acceptors (Lipinski definition) is 7. The molecule has 1 unspecified atom stereocenters. The van der Waals surface area contributed by atoms with Crippen LogP contribution in [0.1, 0.15) is 39.0 Å². The van der Waals surface area contributed by atoms with Crippen molar-refractivity contribution in [2.45, 2.75) is 25.8 Å². The molecule has 156 valence electrons. The Bertz CT molecular complexity index is 1010. The number of nitrogens with one attached hydrogen (secondary N) is 2. The summed E-state index contributed by atoms with van der Waals surface area (Å²) in [4.78, 5) is 41.4. The average molecular weight is 444 g/mol. The van der Waals surface area contributed by atoms with E-state index < -0.39 is 12.0 Å². The number of anilines is 1. The third-order valence-electron chi connectivity index (χ3n) is 4.27. The molecule has 0 saturated carbocycles. The highest BCUT2D eigenvalue weighted by atomic mass is 32.1. The summed E-state index contributed by atoms with van der Waals surface area (Å²) in [5, 5.41) is 9.59. The largest absolute Gasteiger partial charge is 0.469 e. The first-order valence-electron chi connectivity index (χ1n) is 9.16. The predicted molar refractivity (Wildman–Crippen MR) is 117 cm³/mol. The van der Waals surface area contributed by atoms with Gasteiger partial charge in [0.25, 0.3) is 5.91 Å². The number of aromatic nitrogens is 1. The van der Waals surface area contributed by atoms with Crippen molar-refractivity contribution in [2.24, 2.45) is 0 Å². The number of rotatable bonds is 8. The van der Waals surface area contributed by atoms with E-state index in [0.717, 1.165) is 11.1 Å². The second-order valence-corrected chi connectivity index (χ2v) is 8.37. The van der Waals surface area contributed by atoms with Crippen molar-refractivity contribution in [3.8, 4) is 0 Å². The zero-order valence-corrected chi connectivity index (χ0v) is 18.1. The predicted octanol–water partition coefficient (Wildman–Crippen LogP) is 3.73. The molecule has 30 heavy (non-hydrogen) atoms. The summed E-state index contributed by atoms with van der Waals surface area (Å²) < 4.78 is 4.76. The van der Waals surface area contributed by atoms with Gasteiger partial charge in [0.15, 0.2) is 5.13 Å². The maximum Gasteiger partial charge on any atom is 0.307 e. The van der Waals surface area contributed by atoms with Crippen molar-refractivity contribution in [2.75, 3.05) is 12.4 Å². The molecular weight excluding hydrogens is 422 g/mol. The van der Waals surface area contributed by atoms with Crippen LogP contribution in [0, 0.1) is 6.92 Å². The summed E-state index contributed by atoms with van der Waals surface area (Å²) in [6, 6.07) is 10.6. The molecule has 1 atom stereocenters. The van der Waals surface area contributed by atoms with E-state index in [-0.39, 0.29) is 24.7 Å². The second-order valence-electron chi connectivity index (χ2n) is 6.56. The highest BCUT2D eigenvalue weighted by molar-refractivity contribution is 7.14. The Kier molecular flexibility index (Phi) is 7.31. The molecule has 1 aromatic carbocycles. The average Bonchev–Trinajstić information content (AvgIpc) is 3.40. The lowest BCUT2D eigenvalue weighted by Crippen LogP contribution is -2.31. The lowest BCUT2D eigenvalue weighted by Gasteiger charge is -2.18. The van der Waals surface area contributed by atoms with Crippen LogP contribution in [0.15, 0.2) is 47.2 Å². The van der Waals surface area contributed by atoms with E-state index in [4.69, 9.17) is 4.74 Å². The van der Waals surface area contributed by atoms with Crippen LogP contribution in [0.5, 0.6) is 0 Å². The van der Waals surface area contributed by atoms with E-state index in [9.17, 15) is 14.4 Å². The lowest BCUT2D eigenvalue weighted by atomic mass is 10.0. The molecule has 0 aliphatic carbocycles. The standard InChI is InChI=1S/C21H21N3O4S2/c1-13-5-7-14(8-6-13)16(11-19(26)28-2)23-18(25)10-15-12-30-21(22-15)24-20(27)17-4-3-9-29-17/h3-9,12,16H,10-11H2,1-2H3,(H,23,25)(H,22,24,27). The van der Waals surface area contributed by atoms with E-state index in [1.165, 1.54) is 29.8 Å². The first kappa shape index (κ1) is 21.7.